The van der Waals surface area contributed by atoms with E-state index in [-0.39, 0.29) is 19.6 Å². The predicted octanol–water partition coefficient (Wildman–Crippen LogP) is -1.21. The lowest BCUT2D eigenvalue weighted by atomic mass is 10.2. The third kappa shape index (κ3) is 3.55. The summed E-state index contributed by atoms with van der Waals surface area (Å²) in [5.74, 6) is -1.80. The van der Waals surface area contributed by atoms with Crippen LogP contribution in [0.5, 0.6) is 0 Å². The van der Waals surface area contributed by atoms with Crippen molar-refractivity contribution in [3.63, 3.8) is 0 Å². The zero-order valence-electron chi connectivity index (χ0n) is 10.6. The first kappa shape index (κ1) is 15.2. The molecule has 0 saturated carbocycles. The van der Waals surface area contributed by atoms with E-state index in [0.29, 0.717) is 9.96 Å². The summed E-state index contributed by atoms with van der Waals surface area (Å²) in [4.78, 5) is 39.1. The standard InChI is InChI=1S/C10H16N2O7/c1-3-18-9(16)8(15)12-7(14)4-5-11(10(12)17)19-6(2)13/h7-8,14-15H,3-5H2,1-2H3. The Morgan fingerprint density at radius 1 is 1.53 bits per heavy atom. The van der Waals surface area contributed by atoms with Crippen LogP contribution in [0, 0.1) is 0 Å². The minimum Gasteiger partial charge on any atom is -0.463 e. The van der Waals surface area contributed by atoms with Crippen molar-refractivity contribution in [1.82, 2.24) is 9.96 Å². The fourth-order valence-corrected chi connectivity index (χ4v) is 1.56. The molecule has 0 aromatic carbocycles. The number of rotatable bonds is 4. The van der Waals surface area contributed by atoms with Gasteiger partial charge in [0.2, 0.25) is 6.23 Å². The molecule has 1 saturated heterocycles. The lowest BCUT2D eigenvalue weighted by Gasteiger charge is -2.38. The molecule has 1 heterocycles. The van der Waals surface area contributed by atoms with Crippen LogP contribution in [0.2, 0.25) is 0 Å². The van der Waals surface area contributed by atoms with Crippen molar-refractivity contribution in [3.8, 4) is 0 Å². The smallest absolute Gasteiger partial charge is 0.357 e. The van der Waals surface area contributed by atoms with Crippen LogP contribution in [0.25, 0.3) is 0 Å². The first-order chi connectivity index (χ1) is 8.88. The van der Waals surface area contributed by atoms with Crippen molar-refractivity contribution in [2.24, 2.45) is 0 Å². The molecule has 9 nitrogen and oxygen atoms in total. The third-order valence-electron chi connectivity index (χ3n) is 2.35. The number of hydrogen-bond acceptors (Lipinski definition) is 7. The second kappa shape index (κ2) is 6.34. The van der Waals surface area contributed by atoms with Crippen LogP contribution in [-0.4, -0.2) is 63.8 Å². The molecule has 108 valence electrons. The molecular formula is C10H16N2O7. The first-order valence-corrected chi connectivity index (χ1v) is 5.69. The second-order valence-corrected chi connectivity index (χ2v) is 3.77. The van der Waals surface area contributed by atoms with E-state index in [1.807, 2.05) is 0 Å². The summed E-state index contributed by atoms with van der Waals surface area (Å²) in [7, 11) is 0. The summed E-state index contributed by atoms with van der Waals surface area (Å²) < 4.78 is 4.55. The number of esters is 1. The molecule has 0 bridgehead atoms. The SMILES string of the molecule is CCOC(=O)C(O)N1C(=O)N(OC(C)=O)CCC1O. The molecule has 2 N–H and O–H groups in total. The molecule has 0 spiro atoms. The number of nitrogens with zero attached hydrogens (tertiary/aromatic N) is 2. The Balaban J connectivity index is 2.81. The summed E-state index contributed by atoms with van der Waals surface area (Å²) in [6.45, 7) is 2.61. The number of aliphatic hydroxyl groups excluding tert-OH is 2. The van der Waals surface area contributed by atoms with Crippen molar-refractivity contribution in [3.05, 3.63) is 0 Å². The summed E-state index contributed by atoms with van der Waals surface area (Å²) >= 11 is 0. The number of urea groups is 1. The predicted molar refractivity (Wildman–Crippen MR) is 59.0 cm³/mol. The van der Waals surface area contributed by atoms with Crippen molar-refractivity contribution < 1.29 is 34.2 Å². The molecule has 2 unspecified atom stereocenters. The molecular weight excluding hydrogens is 260 g/mol. The summed E-state index contributed by atoms with van der Waals surface area (Å²) in [5.41, 5.74) is 0. The lowest BCUT2D eigenvalue weighted by molar-refractivity contribution is -0.201. The number of carbonyl (C=O) groups is 3. The summed E-state index contributed by atoms with van der Waals surface area (Å²) in [6, 6.07) is -0.991. The number of amides is 2. The van der Waals surface area contributed by atoms with Crippen molar-refractivity contribution in [2.45, 2.75) is 32.7 Å². The van der Waals surface area contributed by atoms with Gasteiger partial charge >= 0.3 is 18.0 Å². The quantitative estimate of drug-likeness (QED) is 0.619. The normalized spacial score (nSPS) is 21.1. The highest BCUT2D eigenvalue weighted by Gasteiger charge is 2.41. The number of hydrogen-bond donors (Lipinski definition) is 2. The maximum atomic E-state index is 11.9. The molecule has 1 aliphatic heterocycles. The Labute approximate surface area is 109 Å². The van der Waals surface area contributed by atoms with Gasteiger partial charge in [-0.25, -0.2) is 9.59 Å². The van der Waals surface area contributed by atoms with Gasteiger partial charge in [0.05, 0.1) is 13.2 Å². The second-order valence-electron chi connectivity index (χ2n) is 3.77. The van der Waals surface area contributed by atoms with Crippen LogP contribution in [0.1, 0.15) is 20.3 Å². The van der Waals surface area contributed by atoms with E-state index in [9.17, 15) is 24.6 Å². The van der Waals surface area contributed by atoms with Gasteiger partial charge in [-0.1, -0.05) is 0 Å². The van der Waals surface area contributed by atoms with Crippen molar-refractivity contribution in [2.75, 3.05) is 13.2 Å². The molecule has 2 atom stereocenters. The Bertz CT molecular complexity index is 373. The van der Waals surface area contributed by atoms with E-state index in [1.165, 1.54) is 6.92 Å². The minimum absolute atomic E-state index is 0.00941. The van der Waals surface area contributed by atoms with Crippen LogP contribution < -0.4 is 0 Å². The van der Waals surface area contributed by atoms with Gasteiger partial charge in [-0.3, -0.25) is 9.69 Å². The Morgan fingerprint density at radius 2 is 2.16 bits per heavy atom. The van der Waals surface area contributed by atoms with Crippen LogP contribution in [0.15, 0.2) is 0 Å². The van der Waals surface area contributed by atoms with Gasteiger partial charge in [-0.2, -0.15) is 5.06 Å². The molecule has 0 aromatic rings. The highest BCUT2D eigenvalue weighted by Crippen LogP contribution is 2.18. The topological polar surface area (TPSA) is 117 Å². The average molecular weight is 276 g/mol. The molecule has 0 aromatic heterocycles. The molecule has 19 heavy (non-hydrogen) atoms. The van der Waals surface area contributed by atoms with Crippen LogP contribution in [0.3, 0.4) is 0 Å². The van der Waals surface area contributed by atoms with Gasteiger partial charge < -0.3 is 19.8 Å². The van der Waals surface area contributed by atoms with Gasteiger partial charge in [0.25, 0.3) is 0 Å². The third-order valence-corrected chi connectivity index (χ3v) is 2.35. The minimum atomic E-state index is -1.96. The van der Waals surface area contributed by atoms with Gasteiger partial charge in [0.15, 0.2) is 0 Å². The number of aliphatic hydroxyl groups is 2. The molecule has 0 aliphatic carbocycles. The number of carbonyl (C=O) groups excluding carboxylic acids is 3. The van der Waals surface area contributed by atoms with Gasteiger partial charge in [-0.15, -0.1) is 0 Å². The van der Waals surface area contributed by atoms with E-state index >= 15 is 0 Å². The van der Waals surface area contributed by atoms with Gasteiger partial charge in [0, 0.05) is 13.3 Å². The van der Waals surface area contributed by atoms with Gasteiger partial charge in [0.1, 0.15) is 6.23 Å². The molecule has 2 amide bonds. The Hall–Kier alpha value is -1.87. The molecule has 0 radical (unpaired) electrons. The number of ether oxygens (including phenoxy) is 1. The van der Waals surface area contributed by atoms with Gasteiger partial charge in [-0.05, 0) is 6.92 Å². The Morgan fingerprint density at radius 3 is 2.68 bits per heavy atom. The highest BCUT2D eigenvalue weighted by molar-refractivity contribution is 5.83. The monoisotopic (exact) mass is 276 g/mol. The molecule has 1 aliphatic rings. The highest BCUT2D eigenvalue weighted by atomic mass is 16.7. The van der Waals surface area contributed by atoms with E-state index in [4.69, 9.17) is 0 Å². The van der Waals surface area contributed by atoms with E-state index in [0.717, 1.165) is 6.92 Å². The average Bonchev–Trinajstić information content (AvgIpc) is 2.32. The van der Waals surface area contributed by atoms with E-state index in [1.54, 1.807) is 0 Å². The summed E-state index contributed by atoms with van der Waals surface area (Å²) in [5, 5.41) is 20.0. The fourth-order valence-electron chi connectivity index (χ4n) is 1.56. The van der Waals surface area contributed by atoms with E-state index in [2.05, 4.69) is 9.57 Å². The number of hydroxylamine groups is 2. The molecule has 1 rings (SSSR count). The fraction of sp³-hybridized carbons (Fsp3) is 0.700. The zero-order chi connectivity index (χ0) is 14.6. The summed E-state index contributed by atoms with van der Waals surface area (Å²) in [6.07, 6.45) is -3.31. The van der Waals surface area contributed by atoms with Crippen LogP contribution >= 0.6 is 0 Å². The maximum Gasteiger partial charge on any atom is 0.357 e. The lowest BCUT2D eigenvalue weighted by Crippen LogP contribution is -2.60. The molecule has 1 fully saturated rings. The van der Waals surface area contributed by atoms with Crippen molar-refractivity contribution in [1.29, 1.82) is 0 Å². The van der Waals surface area contributed by atoms with Crippen molar-refractivity contribution >= 4 is 18.0 Å². The van der Waals surface area contributed by atoms with Crippen LogP contribution in [0.4, 0.5) is 4.79 Å². The maximum absolute atomic E-state index is 11.9. The first-order valence-electron chi connectivity index (χ1n) is 5.69. The van der Waals surface area contributed by atoms with Crippen LogP contribution in [-0.2, 0) is 19.2 Å². The Kier molecular flexibility index (Phi) is 5.07. The van der Waals surface area contributed by atoms with E-state index < -0.39 is 30.4 Å². The zero-order valence-corrected chi connectivity index (χ0v) is 10.6. The molecule has 9 heteroatoms. The largest absolute Gasteiger partial charge is 0.463 e.